The van der Waals surface area contributed by atoms with Gasteiger partial charge in [-0.25, -0.2) is 0 Å². The van der Waals surface area contributed by atoms with Crippen molar-refractivity contribution in [1.82, 2.24) is 4.90 Å². The van der Waals surface area contributed by atoms with E-state index >= 15 is 0 Å². The Morgan fingerprint density at radius 3 is 2.61 bits per heavy atom. The first-order valence-corrected chi connectivity index (χ1v) is 7.49. The number of hydrogen-bond donors (Lipinski definition) is 1. The summed E-state index contributed by atoms with van der Waals surface area (Å²) >= 11 is 0. The van der Waals surface area contributed by atoms with Crippen molar-refractivity contribution in [2.24, 2.45) is 23.5 Å². The van der Waals surface area contributed by atoms with E-state index in [1.807, 2.05) is 0 Å². The summed E-state index contributed by atoms with van der Waals surface area (Å²) in [6, 6.07) is 0. The summed E-state index contributed by atoms with van der Waals surface area (Å²) in [5.41, 5.74) is 6.05. The Hall–Kier alpha value is -0.570. The Morgan fingerprint density at radius 1 is 1.33 bits per heavy atom. The molecule has 3 atom stereocenters. The maximum atomic E-state index is 12.6. The van der Waals surface area contributed by atoms with E-state index in [0.29, 0.717) is 17.7 Å². The number of hydrogen-bond acceptors (Lipinski definition) is 2. The standard InChI is InChI=1S/C15H28N2O/c1-11(2)12-7-9-17(10-12)14(18)13-6-4-5-8-15(13,3)16/h11-13H,4-10,16H2,1-3H3. The van der Waals surface area contributed by atoms with Gasteiger partial charge in [0, 0.05) is 18.6 Å². The molecule has 3 unspecified atom stereocenters. The zero-order valence-electron chi connectivity index (χ0n) is 12.1. The van der Waals surface area contributed by atoms with Crippen molar-refractivity contribution < 1.29 is 4.79 Å². The molecule has 1 heterocycles. The maximum Gasteiger partial charge on any atom is 0.227 e. The highest BCUT2D eigenvalue weighted by molar-refractivity contribution is 5.80. The summed E-state index contributed by atoms with van der Waals surface area (Å²) in [6.45, 7) is 8.46. The largest absolute Gasteiger partial charge is 0.342 e. The molecular formula is C15H28N2O. The van der Waals surface area contributed by atoms with Crippen LogP contribution in [-0.4, -0.2) is 29.4 Å². The van der Waals surface area contributed by atoms with Crippen LogP contribution in [-0.2, 0) is 4.79 Å². The molecule has 0 radical (unpaired) electrons. The Morgan fingerprint density at radius 2 is 2.06 bits per heavy atom. The zero-order valence-corrected chi connectivity index (χ0v) is 12.1. The molecule has 0 aromatic heterocycles. The van der Waals surface area contributed by atoms with Gasteiger partial charge in [0.15, 0.2) is 0 Å². The molecule has 0 aromatic carbocycles. The highest BCUT2D eigenvalue weighted by Crippen LogP contribution is 2.34. The molecule has 0 bridgehead atoms. The molecule has 1 aliphatic carbocycles. The lowest BCUT2D eigenvalue weighted by Gasteiger charge is -2.39. The average Bonchev–Trinajstić information content (AvgIpc) is 2.77. The number of nitrogens with two attached hydrogens (primary N) is 1. The van der Waals surface area contributed by atoms with Crippen molar-refractivity contribution in [3.63, 3.8) is 0 Å². The molecule has 2 fully saturated rings. The average molecular weight is 252 g/mol. The van der Waals surface area contributed by atoms with E-state index in [1.54, 1.807) is 0 Å². The third kappa shape index (κ3) is 2.71. The zero-order chi connectivity index (χ0) is 13.3. The molecule has 1 saturated carbocycles. The van der Waals surface area contributed by atoms with Crippen LogP contribution in [0.1, 0.15) is 52.9 Å². The van der Waals surface area contributed by atoms with Crippen LogP contribution in [0.15, 0.2) is 0 Å². The molecule has 1 amide bonds. The quantitative estimate of drug-likeness (QED) is 0.820. The predicted octanol–water partition coefficient (Wildman–Crippen LogP) is 2.40. The summed E-state index contributed by atoms with van der Waals surface area (Å²) in [4.78, 5) is 14.7. The number of likely N-dealkylation sites (tertiary alicyclic amines) is 1. The van der Waals surface area contributed by atoms with E-state index in [2.05, 4.69) is 25.7 Å². The van der Waals surface area contributed by atoms with Crippen LogP contribution >= 0.6 is 0 Å². The van der Waals surface area contributed by atoms with Crippen LogP contribution in [0.2, 0.25) is 0 Å². The first kappa shape index (κ1) is 13.9. The minimum absolute atomic E-state index is 0.0529. The fourth-order valence-electron chi connectivity index (χ4n) is 3.52. The molecule has 3 heteroatoms. The monoisotopic (exact) mass is 252 g/mol. The molecule has 2 N–H and O–H groups in total. The number of carbonyl (C=O) groups excluding carboxylic acids is 1. The second-order valence-electron chi connectivity index (χ2n) is 6.88. The van der Waals surface area contributed by atoms with Gasteiger partial charge in [0.1, 0.15) is 0 Å². The summed E-state index contributed by atoms with van der Waals surface area (Å²) in [7, 11) is 0. The lowest BCUT2D eigenvalue weighted by molar-refractivity contribution is -0.138. The van der Waals surface area contributed by atoms with E-state index in [4.69, 9.17) is 5.73 Å². The van der Waals surface area contributed by atoms with E-state index in [-0.39, 0.29) is 11.5 Å². The highest BCUT2D eigenvalue weighted by Gasteiger charge is 2.41. The van der Waals surface area contributed by atoms with Crippen molar-refractivity contribution in [3.05, 3.63) is 0 Å². The second kappa shape index (κ2) is 5.20. The SMILES string of the molecule is CC(C)C1CCN(C(=O)C2CCCCC2(C)N)C1. The molecule has 2 rings (SSSR count). The van der Waals surface area contributed by atoms with Gasteiger partial charge in [-0.2, -0.15) is 0 Å². The summed E-state index contributed by atoms with van der Waals surface area (Å²) in [5, 5.41) is 0. The van der Waals surface area contributed by atoms with Crippen LogP contribution in [0.4, 0.5) is 0 Å². The predicted molar refractivity (Wildman–Crippen MR) is 74.1 cm³/mol. The molecule has 0 spiro atoms. The molecular weight excluding hydrogens is 224 g/mol. The van der Waals surface area contributed by atoms with Crippen LogP contribution in [0, 0.1) is 17.8 Å². The third-order valence-electron chi connectivity index (χ3n) is 5.03. The first-order valence-electron chi connectivity index (χ1n) is 7.49. The molecule has 2 aliphatic rings. The van der Waals surface area contributed by atoms with Gasteiger partial charge in [-0.3, -0.25) is 4.79 Å². The molecule has 1 saturated heterocycles. The van der Waals surface area contributed by atoms with Crippen molar-refractivity contribution >= 4 is 5.91 Å². The summed E-state index contributed by atoms with van der Waals surface area (Å²) in [5.74, 6) is 1.74. The van der Waals surface area contributed by atoms with Gasteiger partial charge in [-0.1, -0.05) is 26.7 Å². The Balaban J connectivity index is 1.99. The van der Waals surface area contributed by atoms with E-state index in [1.165, 1.54) is 6.42 Å². The Kier molecular flexibility index (Phi) is 4.00. The van der Waals surface area contributed by atoms with Gasteiger partial charge in [0.05, 0.1) is 5.92 Å². The summed E-state index contributed by atoms with van der Waals surface area (Å²) in [6.07, 6.45) is 5.47. The number of rotatable bonds is 2. The number of carbonyl (C=O) groups is 1. The molecule has 104 valence electrons. The van der Waals surface area contributed by atoms with Crippen molar-refractivity contribution in [1.29, 1.82) is 0 Å². The summed E-state index contributed by atoms with van der Waals surface area (Å²) < 4.78 is 0. The van der Waals surface area contributed by atoms with Crippen molar-refractivity contribution in [2.75, 3.05) is 13.1 Å². The minimum atomic E-state index is -0.286. The van der Waals surface area contributed by atoms with Crippen LogP contribution in [0.25, 0.3) is 0 Å². The molecule has 3 nitrogen and oxygen atoms in total. The Labute approximate surface area is 111 Å². The van der Waals surface area contributed by atoms with Crippen molar-refractivity contribution in [3.8, 4) is 0 Å². The normalized spacial score (nSPS) is 37.3. The minimum Gasteiger partial charge on any atom is -0.342 e. The fourth-order valence-corrected chi connectivity index (χ4v) is 3.52. The van der Waals surface area contributed by atoms with Gasteiger partial charge in [0.25, 0.3) is 0 Å². The van der Waals surface area contributed by atoms with E-state index < -0.39 is 0 Å². The molecule has 0 aromatic rings. The van der Waals surface area contributed by atoms with Crippen LogP contribution in [0.3, 0.4) is 0 Å². The van der Waals surface area contributed by atoms with E-state index in [0.717, 1.165) is 38.8 Å². The van der Waals surface area contributed by atoms with Crippen LogP contribution in [0.5, 0.6) is 0 Å². The lowest BCUT2D eigenvalue weighted by atomic mass is 9.74. The maximum absolute atomic E-state index is 12.6. The third-order valence-corrected chi connectivity index (χ3v) is 5.03. The van der Waals surface area contributed by atoms with Gasteiger partial charge in [0.2, 0.25) is 5.91 Å². The van der Waals surface area contributed by atoms with Gasteiger partial charge in [-0.05, 0) is 38.0 Å². The number of amides is 1. The second-order valence-corrected chi connectivity index (χ2v) is 6.88. The van der Waals surface area contributed by atoms with E-state index in [9.17, 15) is 4.79 Å². The fraction of sp³-hybridized carbons (Fsp3) is 0.933. The molecule has 1 aliphatic heterocycles. The van der Waals surface area contributed by atoms with Gasteiger partial charge in [-0.15, -0.1) is 0 Å². The van der Waals surface area contributed by atoms with Crippen LogP contribution < -0.4 is 5.73 Å². The van der Waals surface area contributed by atoms with Gasteiger partial charge >= 0.3 is 0 Å². The first-order chi connectivity index (χ1) is 8.42. The van der Waals surface area contributed by atoms with Gasteiger partial charge < -0.3 is 10.6 Å². The smallest absolute Gasteiger partial charge is 0.227 e. The van der Waals surface area contributed by atoms with Crippen molar-refractivity contribution in [2.45, 2.75) is 58.4 Å². The number of nitrogens with zero attached hydrogens (tertiary/aromatic N) is 1. The topological polar surface area (TPSA) is 46.3 Å². The Bertz CT molecular complexity index is 312. The lowest BCUT2D eigenvalue weighted by Crippen LogP contribution is -2.53. The highest BCUT2D eigenvalue weighted by atomic mass is 16.2. The molecule has 18 heavy (non-hydrogen) atoms.